The summed E-state index contributed by atoms with van der Waals surface area (Å²) in [5.41, 5.74) is 0. The minimum absolute atomic E-state index is 0.324. The lowest BCUT2D eigenvalue weighted by atomic mass is 10.1. The predicted octanol–water partition coefficient (Wildman–Crippen LogP) is 2.19. The molecule has 1 unspecified atom stereocenters. The van der Waals surface area contributed by atoms with Crippen LogP contribution in [-0.4, -0.2) is 59.6 Å². The van der Waals surface area contributed by atoms with E-state index in [0.29, 0.717) is 6.42 Å². The lowest BCUT2D eigenvalue weighted by Crippen LogP contribution is -2.34. The fraction of sp³-hybridized carbons (Fsp3) is 0.933. The van der Waals surface area contributed by atoms with Crippen molar-refractivity contribution < 1.29 is 9.90 Å². The van der Waals surface area contributed by atoms with Crippen molar-refractivity contribution in [2.24, 2.45) is 0 Å². The van der Waals surface area contributed by atoms with Crippen LogP contribution in [0.4, 0.5) is 0 Å². The Morgan fingerprint density at radius 2 is 1.79 bits per heavy atom. The number of unbranched alkanes of at least 4 members (excludes halogenated alkanes) is 1. The Labute approximate surface area is 116 Å². The van der Waals surface area contributed by atoms with E-state index in [1.54, 1.807) is 0 Å². The summed E-state index contributed by atoms with van der Waals surface area (Å²) in [6.45, 7) is 6.11. The van der Waals surface area contributed by atoms with E-state index < -0.39 is 5.97 Å². The number of carboxylic acid groups (broad SMARTS) is 1. The molecule has 2 heterocycles. The molecule has 0 bridgehead atoms. The number of likely N-dealkylation sites (tertiary alicyclic amines) is 2. The van der Waals surface area contributed by atoms with Crippen LogP contribution in [0.2, 0.25) is 0 Å². The predicted molar refractivity (Wildman–Crippen MR) is 76.4 cm³/mol. The van der Waals surface area contributed by atoms with Gasteiger partial charge in [-0.1, -0.05) is 0 Å². The molecule has 0 radical (unpaired) electrons. The van der Waals surface area contributed by atoms with Crippen molar-refractivity contribution in [2.75, 3.05) is 32.7 Å². The van der Waals surface area contributed by atoms with Gasteiger partial charge in [-0.2, -0.15) is 0 Å². The van der Waals surface area contributed by atoms with E-state index in [1.165, 1.54) is 58.3 Å². The molecule has 1 atom stereocenters. The van der Waals surface area contributed by atoms with Crippen LogP contribution in [0.3, 0.4) is 0 Å². The monoisotopic (exact) mass is 268 g/mol. The summed E-state index contributed by atoms with van der Waals surface area (Å²) in [4.78, 5) is 15.7. The van der Waals surface area contributed by atoms with Gasteiger partial charge in [0.1, 0.15) is 0 Å². The molecule has 0 amide bonds. The summed E-state index contributed by atoms with van der Waals surface area (Å²) < 4.78 is 0. The molecule has 2 saturated heterocycles. The minimum Gasteiger partial charge on any atom is -0.481 e. The van der Waals surface area contributed by atoms with Crippen molar-refractivity contribution in [3.8, 4) is 0 Å². The molecule has 0 aliphatic carbocycles. The molecule has 2 aliphatic rings. The Morgan fingerprint density at radius 3 is 2.53 bits per heavy atom. The molecule has 110 valence electrons. The summed E-state index contributed by atoms with van der Waals surface area (Å²) in [6, 6.07) is 0.812. The quantitative estimate of drug-likeness (QED) is 0.750. The van der Waals surface area contributed by atoms with Gasteiger partial charge in [-0.05, 0) is 77.7 Å². The van der Waals surface area contributed by atoms with E-state index in [1.807, 2.05) is 0 Å². The summed E-state index contributed by atoms with van der Waals surface area (Å²) in [6.07, 6.45) is 8.90. The first-order valence-electron chi connectivity index (χ1n) is 7.94. The highest BCUT2D eigenvalue weighted by Gasteiger charge is 2.24. The number of aliphatic carboxylic acids is 1. The van der Waals surface area contributed by atoms with Crippen LogP contribution in [-0.2, 0) is 4.79 Å². The molecule has 4 heteroatoms. The molecule has 2 fully saturated rings. The molecule has 1 N–H and O–H groups in total. The van der Waals surface area contributed by atoms with Crippen molar-refractivity contribution in [3.05, 3.63) is 0 Å². The van der Waals surface area contributed by atoms with Crippen LogP contribution >= 0.6 is 0 Å². The van der Waals surface area contributed by atoms with Crippen molar-refractivity contribution in [1.29, 1.82) is 0 Å². The molecule has 2 rings (SSSR count). The van der Waals surface area contributed by atoms with E-state index in [9.17, 15) is 4.79 Å². The molecule has 19 heavy (non-hydrogen) atoms. The minimum atomic E-state index is -0.662. The van der Waals surface area contributed by atoms with E-state index in [0.717, 1.165) is 25.4 Å². The highest BCUT2D eigenvalue weighted by molar-refractivity contribution is 5.66. The van der Waals surface area contributed by atoms with Crippen LogP contribution in [0.15, 0.2) is 0 Å². The second kappa shape index (κ2) is 7.85. The zero-order valence-corrected chi connectivity index (χ0v) is 12.0. The average Bonchev–Trinajstić information content (AvgIpc) is 2.81. The molecular weight excluding hydrogens is 240 g/mol. The third kappa shape index (κ3) is 5.11. The maximum absolute atomic E-state index is 10.5. The first-order valence-corrected chi connectivity index (χ1v) is 7.94. The summed E-state index contributed by atoms with van der Waals surface area (Å²) in [5, 5.41) is 8.63. The van der Waals surface area contributed by atoms with E-state index in [-0.39, 0.29) is 0 Å². The fourth-order valence-corrected chi connectivity index (χ4v) is 3.45. The van der Waals surface area contributed by atoms with Crippen molar-refractivity contribution in [3.63, 3.8) is 0 Å². The molecule has 2 aliphatic heterocycles. The van der Waals surface area contributed by atoms with Gasteiger partial charge in [0.2, 0.25) is 0 Å². The molecule has 4 nitrogen and oxygen atoms in total. The van der Waals surface area contributed by atoms with Gasteiger partial charge in [0.15, 0.2) is 0 Å². The molecule has 0 saturated carbocycles. The second-order valence-corrected chi connectivity index (χ2v) is 6.02. The lowest BCUT2D eigenvalue weighted by molar-refractivity contribution is -0.137. The smallest absolute Gasteiger partial charge is 0.303 e. The van der Waals surface area contributed by atoms with Crippen molar-refractivity contribution >= 4 is 5.97 Å². The second-order valence-electron chi connectivity index (χ2n) is 6.02. The Morgan fingerprint density at radius 1 is 1.00 bits per heavy atom. The standard InChI is InChI=1S/C15H28N2O2/c18-15(19)7-1-2-9-16-10-5-6-14(8-13-16)17-11-3-4-12-17/h14H,1-13H2,(H,18,19). The topological polar surface area (TPSA) is 43.8 Å². The van der Waals surface area contributed by atoms with Gasteiger partial charge in [-0.3, -0.25) is 4.79 Å². The van der Waals surface area contributed by atoms with Crippen molar-refractivity contribution in [2.45, 2.75) is 57.4 Å². The summed E-state index contributed by atoms with van der Waals surface area (Å²) in [7, 11) is 0. The third-order valence-corrected chi connectivity index (χ3v) is 4.56. The molecule has 0 aromatic heterocycles. The van der Waals surface area contributed by atoms with E-state index in [2.05, 4.69) is 9.80 Å². The van der Waals surface area contributed by atoms with Gasteiger partial charge in [-0.25, -0.2) is 0 Å². The van der Waals surface area contributed by atoms with Gasteiger partial charge in [0, 0.05) is 12.5 Å². The lowest BCUT2D eigenvalue weighted by Gasteiger charge is -2.26. The Hall–Kier alpha value is -0.610. The number of carbonyl (C=O) groups is 1. The summed E-state index contributed by atoms with van der Waals surface area (Å²) in [5.74, 6) is -0.662. The number of carboxylic acids is 1. The van der Waals surface area contributed by atoms with Crippen LogP contribution in [0.1, 0.15) is 51.4 Å². The largest absolute Gasteiger partial charge is 0.481 e. The Bertz CT molecular complexity index is 277. The third-order valence-electron chi connectivity index (χ3n) is 4.56. The van der Waals surface area contributed by atoms with E-state index >= 15 is 0 Å². The van der Waals surface area contributed by atoms with E-state index in [4.69, 9.17) is 5.11 Å². The van der Waals surface area contributed by atoms with Gasteiger partial charge in [-0.15, -0.1) is 0 Å². The van der Waals surface area contributed by atoms with Gasteiger partial charge >= 0.3 is 5.97 Å². The molecule has 0 spiro atoms. The highest BCUT2D eigenvalue weighted by Crippen LogP contribution is 2.21. The Kier molecular flexibility index (Phi) is 6.11. The number of hydrogen-bond donors (Lipinski definition) is 1. The zero-order valence-electron chi connectivity index (χ0n) is 12.0. The van der Waals surface area contributed by atoms with Crippen LogP contribution < -0.4 is 0 Å². The first kappa shape index (κ1) is 14.8. The van der Waals surface area contributed by atoms with Crippen LogP contribution in [0, 0.1) is 0 Å². The van der Waals surface area contributed by atoms with Gasteiger partial charge < -0.3 is 14.9 Å². The van der Waals surface area contributed by atoms with Crippen molar-refractivity contribution in [1.82, 2.24) is 9.80 Å². The fourth-order valence-electron chi connectivity index (χ4n) is 3.45. The summed E-state index contributed by atoms with van der Waals surface area (Å²) >= 11 is 0. The molecular formula is C15H28N2O2. The van der Waals surface area contributed by atoms with Crippen LogP contribution in [0.5, 0.6) is 0 Å². The van der Waals surface area contributed by atoms with Gasteiger partial charge in [0.05, 0.1) is 0 Å². The van der Waals surface area contributed by atoms with Crippen LogP contribution in [0.25, 0.3) is 0 Å². The molecule has 0 aromatic carbocycles. The Balaban J connectivity index is 1.63. The maximum Gasteiger partial charge on any atom is 0.303 e. The first-order chi connectivity index (χ1) is 9.25. The number of nitrogens with zero attached hydrogens (tertiary/aromatic N) is 2. The number of hydrogen-bond acceptors (Lipinski definition) is 3. The maximum atomic E-state index is 10.5. The number of rotatable bonds is 6. The normalized spacial score (nSPS) is 26.4. The highest BCUT2D eigenvalue weighted by atomic mass is 16.4. The SMILES string of the molecule is O=C(O)CCCCN1CCCC(N2CCCC2)CC1. The van der Waals surface area contributed by atoms with Gasteiger partial charge in [0.25, 0.3) is 0 Å². The zero-order chi connectivity index (χ0) is 13.5. The molecule has 0 aromatic rings. The average molecular weight is 268 g/mol.